The number of amides is 1. The standard InChI is InChI=1S/C22H25NO3/c1-4-26-21-13-11-19(12-14-21)6-5-18-7-9-20(10-8-18)15-16(2)23-22(25)17(3)24/h7-14,16-17,24H,4,15H2,1-3H3,(H,23,25). The molecule has 0 bridgehead atoms. The van der Waals surface area contributed by atoms with Crippen molar-refractivity contribution in [3.8, 4) is 17.6 Å². The van der Waals surface area contributed by atoms with Gasteiger partial charge in [0.1, 0.15) is 11.9 Å². The second kappa shape index (κ2) is 9.65. The van der Waals surface area contributed by atoms with E-state index in [0.717, 1.165) is 22.4 Å². The van der Waals surface area contributed by atoms with Gasteiger partial charge in [-0.2, -0.15) is 0 Å². The minimum Gasteiger partial charge on any atom is -0.494 e. The summed E-state index contributed by atoms with van der Waals surface area (Å²) < 4.78 is 5.42. The molecular formula is C22H25NO3. The number of aliphatic hydroxyl groups excluding tert-OH is 1. The fourth-order valence-electron chi connectivity index (χ4n) is 2.44. The summed E-state index contributed by atoms with van der Waals surface area (Å²) in [4.78, 5) is 11.5. The van der Waals surface area contributed by atoms with Gasteiger partial charge in [0, 0.05) is 17.2 Å². The maximum Gasteiger partial charge on any atom is 0.248 e. The number of rotatable bonds is 6. The molecule has 0 aliphatic rings. The Morgan fingerprint density at radius 2 is 1.58 bits per heavy atom. The van der Waals surface area contributed by atoms with E-state index in [9.17, 15) is 9.90 Å². The summed E-state index contributed by atoms with van der Waals surface area (Å²) >= 11 is 0. The van der Waals surface area contributed by atoms with Gasteiger partial charge in [-0.1, -0.05) is 24.0 Å². The van der Waals surface area contributed by atoms with Crippen LogP contribution in [0.2, 0.25) is 0 Å². The van der Waals surface area contributed by atoms with Gasteiger partial charge in [0.2, 0.25) is 5.91 Å². The van der Waals surface area contributed by atoms with Gasteiger partial charge in [0.25, 0.3) is 0 Å². The quantitative estimate of drug-likeness (QED) is 0.787. The van der Waals surface area contributed by atoms with Gasteiger partial charge in [-0.15, -0.1) is 0 Å². The molecule has 2 aromatic rings. The van der Waals surface area contributed by atoms with Crippen LogP contribution in [-0.4, -0.2) is 29.8 Å². The fraction of sp³-hybridized carbons (Fsp3) is 0.318. The minimum absolute atomic E-state index is 0.0436. The molecule has 2 unspecified atom stereocenters. The van der Waals surface area contributed by atoms with Gasteiger partial charge in [0.15, 0.2) is 0 Å². The summed E-state index contributed by atoms with van der Waals surface area (Å²) in [5.74, 6) is 6.78. The van der Waals surface area contributed by atoms with Gasteiger partial charge in [-0.05, 0) is 69.2 Å². The van der Waals surface area contributed by atoms with Crippen LogP contribution in [0.1, 0.15) is 37.5 Å². The van der Waals surface area contributed by atoms with Crippen LogP contribution in [0.4, 0.5) is 0 Å². The molecule has 0 fully saturated rings. The number of carbonyl (C=O) groups excluding carboxylic acids is 1. The largest absolute Gasteiger partial charge is 0.494 e. The molecule has 0 saturated heterocycles. The van der Waals surface area contributed by atoms with Crippen molar-refractivity contribution in [3.63, 3.8) is 0 Å². The van der Waals surface area contributed by atoms with E-state index in [2.05, 4.69) is 17.2 Å². The van der Waals surface area contributed by atoms with E-state index >= 15 is 0 Å². The lowest BCUT2D eigenvalue weighted by atomic mass is 10.0. The average molecular weight is 351 g/mol. The van der Waals surface area contributed by atoms with E-state index in [-0.39, 0.29) is 11.9 Å². The Morgan fingerprint density at radius 1 is 1.04 bits per heavy atom. The number of aliphatic hydroxyl groups is 1. The van der Waals surface area contributed by atoms with E-state index in [1.807, 2.05) is 62.4 Å². The SMILES string of the molecule is CCOc1ccc(C#Cc2ccc(CC(C)NC(=O)C(C)O)cc2)cc1. The van der Waals surface area contributed by atoms with Crippen LogP contribution in [-0.2, 0) is 11.2 Å². The molecule has 1 amide bonds. The zero-order valence-corrected chi connectivity index (χ0v) is 15.5. The Kier molecular flexibility index (Phi) is 7.25. The van der Waals surface area contributed by atoms with Crippen LogP contribution in [0.3, 0.4) is 0 Å². The number of benzene rings is 2. The first-order valence-electron chi connectivity index (χ1n) is 8.80. The summed E-state index contributed by atoms with van der Waals surface area (Å²) in [6, 6.07) is 15.6. The van der Waals surface area contributed by atoms with Crippen molar-refractivity contribution >= 4 is 5.91 Å². The number of hydrogen-bond donors (Lipinski definition) is 2. The Balaban J connectivity index is 1.94. The molecule has 0 aliphatic heterocycles. The molecule has 0 radical (unpaired) electrons. The lowest BCUT2D eigenvalue weighted by Gasteiger charge is -2.15. The van der Waals surface area contributed by atoms with E-state index in [0.29, 0.717) is 13.0 Å². The van der Waals surface area contributed by atoms with Crippen molar-refractivity contribution in [1.29, 1.82) is 0 Å². The monoisotopic (exact) mass is 351 g/mol. The first-order valence-corrected chi connectivity index (χ1v) is 8.80. The maximum absolute atomic E-state index is 11.5. The average Bonchev–Trinajstić information content (AvgIpc) is 2.62. The molecule has 2 N–H and O–H groups in total. The Hall–Kier alpha value is -2.77. The molecule has 2 rings (SSSR count). The molecule has 136 valence electrons. The smallest absolute Gasteiger partial charge is 0.248 e. The highest BCUT2D eigenvalue weighted by molar-refractivity contribution is 5.80. The summed E-state index contributed by atoms with van der Waals surface area (Å²) in [5, 5.41) is 12.0. The maximum atomic E-state index is 11.5. The molecule has 0 aliphatic carbocycles. The van der Waals surface area contributed by atoms with Crippen molar-refractivity contribution in [2.45, 2.75) is 39.3 Å². The predicted octanol–water partition coefficient (Wildman–Crippen LogP) is 2.91. The number of hydrogen-bond acceptors (Lipinski definition) is 3. The molecule has 0 aromatic heterocycles. The Labute approximate surface area is 155 Å². The van der Waals surface area contributed by atoms with Crippen molar-refractivity contribution in [2.75, 3.05) is 6.61 Å². The molecule has 4 heteroatoms. The first-order chi connectivity index (χ1) is 12.5. The lowest BCUT2D eigenvalue weighted by Crippen LogP contribution is -2.39. The van der Waals surface area contributed by atoms with Crippen molar-refractivity contribution in [2.24, 2.45) is 0 Å². The van der Waals surface area contributed by atoms with Gasteiger partial charge >= 0.3 is 0 Å². The van der Waals surface area contributed by atoms with Crippen LogP contribution >= 0.6 is 0 Å². The summed E-state index contributed by atoms with van der Waals surface area (Å²) in [6.45, 7) is 5.98. The van der Waals surface area contributed by atoms with Crippen LogP contribution in [0.25, 0.3) is 0 Å². The zero-order chi connectivity index (χ0) is 18.9. The summed E-state index contributed by atoms with van der Waals surface area (Å²) in [5.41, 5.74) is 2.98. The van der Waals surface area contributed by atoms with Crippen LogP contribution in [0.15, 0.2) is 48.5 Å². The van der Waals surface area contributed by atoms with Crippen molar-refractivity contribution < 1.29 is 14.6 Å². The number of ether oxygens (including phenoxy) is 1. The predicted molar refractivity (Wildman–Crippen MR) is 103 cm³/mol. The minimum atomic E-state index is -0.988. The van der Waals surface area contributed by atoms with Gasteiger partial charge in [-0.25, -0.2) is 0 Å². The summed E-state index contributed by atoms with van der Waals surface area (Å²) in [7, 11) is 0. The van der Waals surface area contributed by atoms with Crippen molar-refractivity contribution in [1.82, 2.24) is 5.32 Å². The van der Waals surface area contributed by atoms with E-state index in [4.69, 9.17) is 4.74 Å². The van der Waals surface area contributed by atoms with Crippen LogP contribution in [0, 0.1) is 11.8 Å². The zero-order valence-electron chi connectivity index (χ0n) is 15.5. The van der Waals surface area contributed by atoms with E-state index in [1.165, 1.54) is 6.92 Å². The second-order valence-corrected chi connectivity index (χ2v) is 6.19. The first kappa shape index (κ1) is 19.6. The Bertz CT molecular complexity index is 768. The third-order valence-corrected chi connectivity index (χ3v) is 3.78. The normalized spacial score (nSPS) is 12.5. The lowest BCUT2D eigenvalue weighted by molar-refractivity contribution is -0.129. The molecular weight excluding hydrogens is 326 g/mol. The highest BCUT2D eigenvalue weighted by atomic mass is 16.5. The second-order valence-electron chi connectivity index (χ2n) is 6.19. The molecule has 2 atom stereocenters. The van der Waals surface area contributed by atoms with E-state index < -0.39 is 6.10 Å². The van der Waals surface area contributed by atoms with Crippen molar-refractivity contribution in [3.05, 3.63) is 65.2 Å². The molecule has 0 spiro atoms. The number of nitrogens with one attached hydrogen (secondary N) is 1. The molecule has 0 heterocycles. The highest BCUT2D eigenvalue weighted by Gasteiger charge is 2.12. The third-order valence-electron chi connectivity index (χ3n) is 3.78. The van der Waals surface area contributed by atoms with Crippen LogP contribution in [0.5, 0.6) is 5.75 Å². The molecule has 2 aromatic carbocycles. The third kappa shape index (κ3) is 6.27. The molecule has 4 nitrogen and oxygen atoms in total. The number of carbonyl (C=O) groups is 1. The highest BCUT2D eigenvalue weighted by Crippen LogP contribution is 2.12. The topological polar surface area (TPSA) is 58.6 Å². The van der Waals surface area contributed by atoms with Crippen LogP contribution < -0.4 is 10.1 Å². The Morgan fingerprint density at radius 3 is 2.08 bits per heavy atom. The van der Waals surface area contributed by atoms with E-state index in [1.54, 1.807) is 0 Å². The molecule has 0 saturated carbocycles. The fourth-order valence-corrected chi connectivity index (χ4v) is 2.44. The van der Waals surface area contributed by atoms with Gasteiger partial charge in [0.05, 0.1) is 6.61 Å². The summed E-state index contributed by atoms with van der Waals surface area (Å²) in [6.07, 6.45) is -0.289. The molecule has 26 heavy (non-hydrogen) atoms. The van der Waals surface area contributed by atoms with Gasteiger partial charge in [-0.3, -0.25) is 4.79 Å². The van der Waals surface area contributed by atoms with Gasteiger partial charge < -0.3 is 15.2 Å².